The Hall–Kier alpha value is -2.65. The van der Waals surface area contributed by atoms with Crippen LogP contribution >= 0.6 is 23.5 Å². The summed E-state index contributed by atoms with van der Waals surface area (Å²) in [6.07, 6.45) is 1.22. The van der Waals surface area contributed by atoms with Crippen molar-refractivity contribution in [2.45, 2.75) is 30.1 Å². The number of thioether (sulfide) groups is 2. The molecule has 6 nitrogen and oxygen atoms in total. The van der Waals surface area contributed by atoms with Crippen molar-refractivity contribution in [3.05, 3.63) is 53.8 Å². The summed E-state index contributed by atoms with van der Waals surface area (Å²) in [6.45, 7) is 3.44. The molecular weight excluding hydrogens is 423 g/mol. The summed E-state index contributed by atoms with van der Waals surface area (Å²) in [4.78, 5) is 19.8. The van der Waals surface area contributed by atoms with Gasteiger partial charge in [0, 0.05) is 22.9 Å². The van der Waals surface area contributed by atoms with E-state index in [0.29, 0.717) is 22.1 Å². The number of fused-ring (bicyclic) bond motifs is 3. The molecule has 154 valence electrons. The predicted octanol–water partition coefficient (Wildman–Crippen LogP) is 4.96. The highest BCUT2D eigenvalue weighted by molar-refractivity contribution is 7.99. The smallest absolute Gasteiger partial charge is 0.247 e. The number of carbonyl (C=O) groups is 1. The van der Waals surface area contributed by atoms with Gasteiger partial charge in [0.1, 0.15) is 5.82 Å². The number of benzene rings is 2. The van der Waals surface area contributed by atoms with E-state index in [-0.39, 0.29) is 11.8 Å². The summed E-state index contributed by atoms with van der Waals surface area (Å²) < 4.78 is 20.4. The number of carbonyl (C=O) groups excluding carboxylic acids is 1. The number of nitrogens with zero attached hydrogens (tertiary/aromatic N) is 4. The molecule has 1 aliphatic rings. The third-order valence-electron chi connectivity index (χ3n) is 4.58. The summed E-state index contributed by atoms with van der Waals surface area (Å²) in [5, 5.41) is 8.86. The molecule has 30 heavy (non-hydrogen) atoms. The Morgan fingerprint density at radius 3 is 2.63 bits per heavy atom. The van der Waals surface area contributed by atoms with E-state index in [4.69, 9.17) is 4.74 Å². The molecule has 9 heteroatoms. The number of anilines is 1. The van der Waals surface area contributed by atoms with Crippen LogP contribution in [0.1, 0.15) is 25.6 Å². The Morgan fingerprint density at radius 2 is 1.97 bits per heavy atom. The molecular formula is C21H19FN4O2S2. The highest BCUT2D eigenvalue weighted by Gasteiger charge is 2.34. The number of aromatic nitrogens is 3. The minimum Gasteiger partial charge on any atom is -0.447 e. The van der Waals surface area contributed by atoms with Crippen molar-refractivity contribution in [3.8, 4) is 17.1 Å². The van der Waals surface area contributed by atoms with Crippen molar-refractivity contribution >= 4 is 35.1 Å². The molecule has 1 aliphatic heterocycles. The number of hydrogen-bond donors (Lipinski definition) is 0. The third kappa shape index (κ3) is 3.87. The molecule has 0 fully saturated rings. The van der Waals surface area contributed by atoms with E-state index in [2.05, 4.69) is 15.2 Å². The van der Waals surface area contributed by atoms with Gasteiger partial charge in [-0.15, -0.1) is 22.0 Å². The van der Waals surface area contributed by atoms with Crippen LogP contribution in [-0.4, -0.2) is 33.1 Å². The summed E-state index contributed by atoms with van der Waals surface area (Å²) >= 11 is 3.05. The second-order valence-electron chi connectivity index (χ2n) is 6.48. The van der Waals surface area contributed by atoms with Gasteiger partial charge in [-0.1, -0.05) is 30.8 Å². The standard InChI is InChI=1S/C21H19FN4O2S2/c1-4-30-21-23-19-18(24-25-21)16-11-14(22)7-10-17(16)26(12(2)27)20(28-19)13-5-8-15(29-3)9-6-13/h5-11,20H,4H2,1-3H3/t20-/m0/s1. The zero-order valence-corrected chi connectivity index (χ0v) is 18.3. The normalized spacial score (nSPS) is 15.1. The van der Waals surface area contributed by atoms with Gasteiger partial charge in [0.25, 0.3) is 0 Å². The van der Waals surface area contributed by atoms with Gasteiger partial charge in [0.05, 0.1) is 5.69 Å². The van der Waals surface area contributed by atoms with E-state index in [1.54, 1.807) is 17.8 Å². The molecule has 0 unspecified atom stereocenters. The Bertz CT molecular complexity index is 1090. The molecule has 0 saturated heterocycles. The first-order chi connectivity index (χ1) is 14.5. The Labute approximate surface area is 182 Å². The Balaban J connectivity index is 1.93. The first-order valence-electron chi connectivity index (χ1n) is 9.29. The number of rotatable bonds is 4. The van der Waals surface area contributed by atoms with Crippen molar-refractivity contribution in [1.82, 2.24) is 15.2 Å². The minimum absolute atomic E-state index is 0.218. The second kappa shape index (κ2) is 8.61. The zero-order chi connectivity index (χ0) is 21.3. The summed E-state index contributed by atoms with van der Waals surface area (Å²) in [6, 6.07) is 12.0. The average Bonchev–Trinajstić information content (AvgIpc) is 2.88. The molecule has 2 aromatic carbocycles. The lowest BCUT2D eigenvalue weighted by molar-refractivity contribution is -0.118. The maximum absolute atomic E-state index is 14.1. The van der Waals surface area contributed by atoms with Gasteiger partial charge in [-0.05, 0) is 42.3 Å². The highest BCUT2D eigenvalue weighted by atomic mass is 32.2. The van der Waals surface area contributed by atoms with E-state index in [1.165, 1.54) is 35.7 Å². The molecule has 1 atom stereocenters. The fourth-order valence-electron chi connectivity index (χ4n) is 3.25. The Morgan fingerprint density at radius 1 is 1.20 bits per heavy atom. The van der Waals surface area contributed by atoms with E-state index in [1.807, 2.05) is 37.4 Å². The number of hydrogen-bond acceptors (Lipinski definition) is 7. The van der Waals surface area contributed by atoms with E-state index < -0.39 is 12.0 Å². The van der Waals surface area contributed by atoms with Gasteiger partial charge >= 0.3 is 0 Å². The summed E-state index contributed by atoms with van der Waals surface area (Å²) in [5.41, 5.74) is 1.99. The monoisotopic (exact) mass is 442 g/mol. The molecule has 0 spiro atoms. The van der Waals surface area contributed by atoms with Crippen LogP contribution < -0.4 is 9.64 Å². The lowest BCUT2D eigenvalue weighted by Gasteiger charge is -2.30. The van der Waals surface area contributed by atoms with Gasteiger partial charge in [-0.3, -0.25) is 9.69 Å². The third-order valence-corrected chi connectivity index (χ3v) is 6.04. The maximum Gasteiger partial charge on any atom is 0.247 e. The summed E-state index contributed by atoms with van der Waals surface area (Å²) in [5.74, 6) is 0.297. The van der Waals surface area contributed by atoms with Gasteiger partial charge < -0.3 is 4.74 Å². The van der Waals surface area contributed by atoms with Crippen LogP contribution in [0.25, 0.3) is 11.3 Å². The van der Waals surface area contributed by atoms with E-state index in [0.717, 1.165) is 16.2 Å². The molecule has 1 aromatic heterocycles. The molecule has 3 aromatic rings. The molecule has 4 rings (SSSR count). The van der Waals surface area contributed by atoms with Crippen molar-refractivity contribution < 1.29 is 13.9 Å². The predicted molar refractivity (Wildman–Crippen MR) is 116 cm³/mol. The number of ether oxygens (including phenoxy) is 1. The average molecular weight is 443 g/mol. The molecule has 0 bridgehead atoms. The highest BCUT2D eigenvalue weighted by Crippen LogP contribution is 2.43. The molecule has 0 radical (unpaired) electrons. The lowest BCUT2D eigenvalue weighted by atomic mass is 10.1. The van der Waals surface area contributed by atoms with Crippen LogP contribution in [0.4, 0.5) is 10.1 Å². The number of amides is 1. The first-order valence-corrected chi connectivity index (χ1v) is 11.5. The lowest BCUT2D eigenvalue weighted by Crippen LogP contribution is -2.36. The van der Waals surface area contributed by atoms with Crippen molar-refractivity contribution in [2.24, 2.45) is 0 Å². The molecule has 2 heterocycles. The van der Waals surface area contributed by atoms with Crippen LogP contribution in [0.5, 0.6) is 5.88 Å². The van der Waals surface area contributed by atoms with E-state index >= 15 is 0 Å². The van der Waals surface area contributed by atoms with Crippen LogP contribution in [0.2, 0.25) is 0 Å². The van der Waals surface area contributed by atoms with Crippen LogP contribution in [0.15, 0.2) is 52.5 Å². The van der Waals surface area contributed by atoms with Crippen LogP contribution in [-0.2, 0) is 4.79 Å². The molecule has 0 aliphatic carbocycles. The SMILES string of the molecule is CCSc1nnc2c(n1)O[C@@H](c1ccc(SC)cc1)N(C(C)=O)c1ccc(F)cc1-2. The maximum atomic E-state index is 14.1. The van der Waals surface area contributed by atoms with Gasteiger partial charge in [-0.25, -0.2) is 4.39 Å². The molecule has 1 amide bonds. The van der Waals surface area contributed by atoms with Crippen molar-refractivity contribution in [1.29, 1.82) is 0 Å². The fraction of sp³-hybridized carbons (Fsp3) is 0.238. The number of halogens is 1. The zero-order valence-electron chi connectivity index (χ0n) is 16.6. The van der Waals surface area contributed by atoms with Crippen LogP contribution in [0, 0.1) is 5.82 Å². The Kier molecular flexibility index (Phi) is 5.92. The first kappa shape index (κ1) is 20.6. The second-order valence-corrected chi connectivity index (χ2v) is 8.59. The van der Waals surface area contributed by atoms with Crippen LogP contribution in [0.3, 0.4) is 0 Å². The van der Waals surface area contributed by atoms with Gasteiger partial charge in [-0.2, -0.15) is 4.98 Å². The largest absolute Gasteiger partial charge is 0.447 e. The van der Waals surface area contributed by atoms with Crippen molar-refractivity contribution in [3.63, 3.8) is 0 Å². The summed E-state index contributed by atoms with van der Waals surface area (Å²) in [7, 11) is 0. The van der Waals surface area contributed by atoms with Gasteiger partial charge in [0.2, 0.25) is 23.2 Å². The van der Waals surface area contributed by atoms with Gasteiger partial charge in [0.15, 0.2) is 5.69 Å². The minimum atomic E-state index is -0.778. The fourth-order valence-corrected chi connectivity index (χ4v) is 4.16. The van der Waals surface area contributed by atoms with E-state index in [9.17, 15) is 9.18 Å². The molecule has 0 N–H and O–H groups in total. The quantitative estimate of drug-likeness (QED) is 0.529. The molecule has 0 saturated carbocycles. The topological polar surface area (TPSA) is 68.2 Å². The van der Waals surface area contributed by atoms with Crippen molar-refractivity contribution in [2.75, 3.05) is 16.9 Å².